The number of aromatic hydroxyl groups is 2. The Morgan fingerprint density at radius 2 is 1.47 bits per heavy atom. The minimum atomic E-state index is -1.60. The van der Waals surface area contributed by atoms with Crippen LogP contribution < -0.4 is 9.47 Å². The number of carboxylic acid groups (broad SMARTS) is 4. The standard InChI is InChI=1S/C22H16O12.C20H24N2S2.C4H4O4/c1-8-5-12(24)10(6-23)19-15(8)22(31)34-20-11(7-32-14(27)4-3-13(25)26)17(28)16(21(29)30)9(2)18(20)33-19;1-21-9-11-22(12-10-21)18-13-15-5-3-4-6-19(15)24-20-8-7-16(23-2)14-17(18)20;5-3(6)1-2-4(7)8/h3-6,24,28H,7H2,1-2H3,(H,25,26)(H,29,30);3-8,14,18H,9-13H2,1-2H3;1-2H,(H,5,6)(H,7,8). The molecule has 20 heteroatoms. The van der Waals surface area contributed by atoms with Crippen LogP contribution in [0.4, 0.5) is 0 Å². The Morgan fingerprint density at radius 3 is 2.08 bits per heavy atom. The molecule has 7 rings (SSSR count). The van der Waals surface area contributed by atoms with Gasteiger partial charge in [-0.25, -0.2) is 28.8 Å². The van der Waals surface area contributed by atoms with Gasteiger partial charge >= 0.3 is 35.8 Å². The number of benzene rings is 4. The zero-order valence-electron chi connectivity index (χ0n) is 35.8. The molecule has 0 bridgehead atoms. The first-order valence-electron chi connectivity index (χ1n) is 19.8. The number of hydrogen-bond acceptors (Lipinski definition) is 16. The third kappa shape index (κ3) is 12.0. The molecule has 0 aliphatic carbocycles. The van der Waals surface area contributed by atoms with Crippen LogP contribution in [-0.2, 0) is 36.9 Å². The zero-order chi connectivity index (χ0) is 48.4. The van der Waals surface area contributed by atoms with Crippen LogP contribution in [0, 0.1) is 13.8 Å². The van der Waals surface area contributed by atoms with Gasteiger partial charge in [0.15, 0.2) is 23.5 Å². The Labute approximate surface area is 385 Å². The largest absolute Gasteiger partial charge is 0.507 e. The number of rotatable bonds is 10. The number of aldehydes is 1. The predicted molar refractivity (Wildman–Crippen MR) is 238 cm³/mol. The topological polar surface area (TPSA) is 275 Å². The summed E-state index contributed by atoms with van der Waals surface area (Å²) in [5.41, 5.74) is 1.21. The Balaban J connectivity index is 0.000000220. The van der Waals surface area contributed by atoms with E-state index in [1.807, 2.05) is 23.5 Å². The maximum Gasteiger partial charge on any atom is 0.347 e. The number of piperazine rings is 1. The minimum absolute atomic E-state index is 0.169. The lowest BCUT2D eigenvalue weighted by atomic mass is 9.96. The lowest BCUT2D eigenvalue weighted by molar-refractivity contribution is -0.140. The van der Waals surface area contributed by atoms with Crippen LogP contribution in [-0.4, -0.2) is 122 Å². The Morgan fingerprint density at radius 1 is 0.833 bits per heavy atom. The van der Waals surface area contributed by atoms with Crippen LogP contribution in [0.1, 0.15) is 64.9 Å². The van der Waals surface area contributed by atoms with Crippen molar-refractivity contribution in [3.63, 3.8) is 0 Å². The summed E-state index contributed by atoms with van der Waals surface area (Å²) in [5.74, 6) is -10.4. The Hall–Kier alpha value is -7.13. The minimum Gasteiger partial charge on any atom is -0.507 e. The highest BCUT2D eigenvalue weighted by Crippen LogP contribution is 2.50. The molecule has 0 saturated carbocycles. The molecule has 346 valence electrons. The number of carbonyl (C=O) groups is 7. The van der Waals surface area contributed by atoms with E-state index in [0.717, 1.165) is 25.6 Å². The summed E-state index contributed by atoms with van der Waals surface area (Å²) in [6.45, 7) is 6.50. The van der Waals surface area contributed by atoms with Crippen molar-refractivity contribution in [1.82, 2.24) is 9.80 Å². The highest BCUT2D eigenvalue weighted by Gasteiger charge is 2.36. The first-order chi connectivity index (χ1) is 31.3. The number of likely N-dealkylation sites (N-methyl/N-ethyl adjacent to an activating group) is 1. The van der Waals surface area contributed by atoms with E-state index in [2.05, 4.69) is 65.6 Å². The van der Waals surface area contributed by atoms with E-state index in [4.69, 9.17) is 29.5 Å². The van der Waals surface area contributed by atoms with Gasteiger partial charge in [0.2, 0.25) is 0 Å². The number of aromatic carboxylic acids is 1. The number of ether oxygens (including phenoxy) is 3. The fourth-order valence-corrected chi connectivity index (χ4v) is 8.70. The smallest absolute Gasteiger partial charge is 0.347 e. The quantitative estimate of drug-likeness (QED) is 0.0332. The number of phenols is 2. The molecule has 3 aliphatic rings. The molecule has 0 amide bonds. The van der Waals surface area contributed by atoms with Crippen molar-refractivity contribution in [2.45, 2.75) is 47.6 Å². The average molecular weight is 945 g/mol. The summed E-state index contributed by atoms with van der Waals surface area (Å²) in [7, 11) is 2.23. The molecular weight excluding hydrogens is 901 g/mol. The molecular formula is C46H44N2O16S2. The lowest BCUT2D eigenvalue weighted by Gasteiger charge is -2.38. The fraction of sp³-hybridized carbons (Fsp3) is 0.239. The fourth-order valence-electron chi connectivity index (χ4n) is 7.14. The van der Waals surface area contributed by atoms with E-state index in [-0.39, 0.29) is 28.7 Å². The van der Waals surface area contributed by atoms with Crippen molar-refractivity contribution in [2.24, 2.45) is 0 Å². The summed E-state index contributed by atoms with van der Waals surface area (Å²) < 4.78 is 15.9. The van der Waals surface area contributed by atoms with Gasteiger partial charge in [-0.05, 0) is 80.6 Å². The number of aryl methyl sites for hydroxylation is 1. The monoisotopic (exact) mass is 944 g/mol. The highest BCUT2D eigenvalue weighted by molar-refractivity contribution is 7.99. The van der Waals surface area contributed by atoms with Crippen LogP contribution in [0.2, 0.25) is 0 Å². The number of phenolic OH excluding ortho intramolecular Hbond substituents is 1. The molecule has 0 radical (unpaired) electrons. The maximum absolute atomic E-state index is 12.9. The van der Waals surface area contributed by atoms with Gasteiger partial charge in [-0.2, -0.15) is 0 Å². The van der Waals surface area contributed by atoms with E-state index >= 15 is 0 Å². The van der Waals surface area contributed by atoms with E-state index in [9.17, 15) is 48.9 Å². The number of thioether (sulfide) groups is 1. The van der Waals surface area contributed by atoms with Crippen molar-refractivity contribution in [2.75, 3.05) is 39.5 Å². The van der Waals surface area contributed by atoms with Crippen molar-refractivity contribution in [1.29, 1.82) is 0 Å². The highest BCUT2D eigenvalue weighted by atomic mass is 32.2. The van der Waals surface area contributed by atoms with Crippen LogP contribution in [0.5, 0.6) is 28.7 Å². The van der Waals surface area contributed by atoms with E-state index in [1.165, 1.54) is 52.8 Å². The maximum atomic E-state index is 12.9. The van der Waals surface area contributed by atoms with Gasteiger partial charge < -0.3 is 49.7 Å². The average Bonchev–Trinajstić information content (AvgIpc) is 3.53. The Bertz CT molecular complexity index is 2640. The molecule has 66 heavy (non-hydrogen) atoms. The number of carbonyl (C=O) groups excluding carboxylic acids is 3. The molecule has 1 fully saturated rings. The summed E-state index contributed by atoms with van der Waals surface area (Å²) in [6.07, 6.45) is 5.71. The van der Waals surface area contributed by atoms with Crippen molar-refractivity contribution in [3.8, 4) is 28.7 Å². The molecule has 3 heterocycles. The number of carboxylic acids is 4. The third-order valence-corrected chi connectivity index (χ3v) is 12.3. The molecule has 18 nitrogen and oxygen atoms in total. The number of hydrogen-bond donors (Lipinski definition) is 6. The summed E-state index contributed by atoms with van der Waals surface area (Å²) in [6, 6.07) is 17.6. The van der Waals surface area contributed by atoms with Gasteiger partial charge in [0.25, 0.3) is 0 Å². The van der Waals surface area contributed by atoms with Crippen LogP contribution in [0.3, 0.4) is 0 Å². The predicted octanol–water partition coefficient (Wildman–Crippen LogP) is 6.35. The lowest BCUT2D eigenvalue weighted by Crippen LogP contribution is -2.46. The molecule has 1 saturated heterocycles. The second-order valence-electron chi connectivity index (χ2n) is 14.7. The van der Waals surface area contributed by atoms with Gasteiger partial charge in [0.1, 0.15) is 29.2 Å². The van der Waals surface area contributed by atoms with Gasteiger partial charge in [0.05, 0.1) is 11.1 Å². The van der Waals surface area contributed by atoms with Crippen molar-refractivity contribution >= 4 is 65.6 Å². The second-order valence-corrected chi connectivity index (χ2v) is 16.7. The molecule has 4 aromatic carbocycles. The molecule has 0 aromatic heterocycles. The van der Waals surface area contributed by atoms with E-state index in [0.29, 0.717) is 30.3 Å². The van der Waals surface area contributed by atoms with Crippen molar-refractivity contribution in [3.05, 3.63) is 117 Å². The van der Waals surface area contributed by atoms with Gasteiger partial charge in [-0.15, -0.1) is 11.8 Å². The molecule has 6 N–H and O–H groups in total. The van der Waals surface area contributed by atoms with Crippen LogP contribution in [0.15, 0.2) is 87.5 Å². The number of fused-ring (bicyclic) bond motifs is 4. The molecule has 1 unspecified atom stereocenters. The molecule has 3 aliphatic heterocycles. The molecule has 1 atom stereocenters. The van der Waals surface area contributed by atoms with E-state index < -0.39 is 82.1 Å². The first kappa shape index (κ1) is 49.9. The van der Waals surface area contributed by atoms with Gasteiger partial charge in [0, 0.05) is 76.8 Å². The summed E-state index contributed by atoms with van der Waals surface area (Å²) in [4.78, 5) is 87.1. The first-order valence-corrected chi connectivity index (χ1v) is 21.8. The van der Waals surface area contributed by atoms with Crippen LogP contribution in [0.25, 0.3) is 0 Å². The zero-order valence-corrected chi connectivity index (χ0v) is 37.4. The van der Waals surface area contributed by atoms with Crippen molar-refractivity contribution < 1.29 is 78.4 Å². The SMILES string of the molecule is CSc1ccc2c(c1)C(N1CCN(C)CC1)Cc1ccccc1S2.Cc1cc(O)c(C=O)c2c1C(=O)Oc1c(COC(=O)C=CC(=O)O)c(O)c(C(=O)O)c(C)c1O2.O=C(O)C=CC(=O)O. The van der Waals surface area contributed by atoms with Gasteiger partial charge in [-0.3, -0.25) is 9.69 Å². The number of aliphatic carboxylic acids is 3. The molecule has 4 aromatic rings. The number of esters is 2. The normalized spacial score (nSPS) is 15.3. The molecule has 0 spiro atoms. The van der Waals surface area contributed by atoms with E-state index in [1.54, 1.807) is 0 Å². The number of nitrogens with zero attached hydrogens (tertiary/aromatic N) is 2. The Kier molecular flexibility index (Phi) is 16.8. The second kappa shape index (κ2) is 22.2. The summed E-state index contributed by atoms with van der Waals surface area (Å²) in [5, 5.41) is 54.5. The van der Waals surface area contributed by atoms with Crippen LogP contribution >= 0.6 is 23.5 Å². The van der Waals surface area contributed by atoms with Gasteiger partial charge in [-0.1, -0.05) is 30.0 Å². The third-order valence-electron chi connectivity index (χ3n) is 10.4. The summed E-state index contributed by atoms with van der Waals surface area (Å²) >= 11 is 3.79.